The lowest BCUT2D eigenvalue weighted by atomic mass is 10.0. The lowest BCUT2D eigenvalue weighted by molar-refractivity contribution is 0.478. The van der Waals surface area contributed by atoms with Gasteiger partial charge < -0.3 is 16.4 Å². The van der Waals surface area contributed by atoms with E-state index in [2.05, 4.69) is 44.9 Å². The molecule has 4 rings (SSSR count). The van der Waals surface area contributed by atoms with Gasteiger partial charge in [0.25, 0.3) is 0 Å². The Kier molecular flexibility index (Phi) is 3.87. The third-order valence-electron chi connectivity index (χ3n) is 4.81. The number of nitrogens with zero attached hydrogens (tertiary/aromatic N) is 2. The van der Waals surface area contributed by atoms with Crippen LogP contribution in [-0.2, 0) is 12.8 Å². The van der Waals surface area contributed by atoms with Crippen molar-refractivity contribution < 1.29 is 0 Å². The smallest absolute Gasteiger partial charge is 0.222 e. The van der Waals surface area contributed by atoms with Crippen LogP contribution in [-0.4, -0.2) is 29.1 Å². The summed E-state index contributed by atoms with van der Waals surface area (Å²) in [7, 11) is 0. The average Bonchev–Trinajstić information content (AvgIpc) is 2.76. The minimum atomic E-state index is 0.353. The van der Waals surface area contributed by atoms with Crippen molar-refractivity contribution in [3.63, 3.8) is 0 Å². The van der Waals surface area contributed by atoms with E-state index in [1.807, 2.05) is 0 Å². The zero-order chi connectivity index (χ0) is 15.6. The predicted octanol–water partition coefficient (Wildman–Crippen LogP) is 2.38. The van der Waals surface area contributed by atoms with Crippen LogP contribution in [0.25, 0.3) is 11.3 Å². The van der Waals surface area contributed by atoms with Gasteiger partial charge in [-0.2, -0.15) is 4.98 Å². The molecule has 1 aliphatic carbocycles. The van der Waals surface area contributed by atoms with Crippen molar-refractivity contribution in [1.29, 1.82) is 0 Å². The number of benzene rings is 1. The zero-order valence-electron chi connectivity index (χ0n) is 13.3. The van der Waals surface area contributed by atoms with Crippen LogP contribution in [0.1, 0.15) is 30.4 Å². The number of rotatable bonds is 2. The van der Waals surface area contributed by atoms with Crippen molar-refractivity contribution in [3.8, 4) is 11.3 Å². The summed E-state index contributed by atoms with van der Waals surface area (Å²) in [6, 6.07) is 8.94. The van der Waals surface area contributed by atoms with Gasteiger partial charge in [-0.25, -0.2) is 4.98 Å². The maximum Gasteiger partial charge on any atom is 0.222 e. The molecule has 0 radical (unpaired) electrons. The van der Waals surface area contributed by atoms with E-state index < -0.39 is 0 Å². The molecule has 23 heavy (non-hydrogen) atoms. The first-order chi connectivity index (χ1) is 11.3. The van der Waals surface area contributed by atoms with Crippen LogP contribution in [0.5, 0.6) is 0 Å². The second-order valence-electron chi connectivity index (χ2n) is 6.46. The van der Waals surface area contributed by atoms with Crippen molar-refractivity contribution in [2.75, 3.05) is 24.1 Å². The summed E-state index contributed by atoms with van der Waals surface area (Å²) >= 11 is 0. The molecule has 0 amide bonds. The maximum atomic E-state index is 6.02. The highest BCUT2D eigenvalue weighted by Crippen LogP contribution is 2.34. The Balaban J connectivity index is 1.76. The van der Waals surface area contributed by atoms with Gasteiger partial charge in [-0.3, -0.25) is 0 Å². The fraction of sp³-hybridized carbons (Fsp3) is 0.444. The van der Waals surface area contributed by atoms with Gasteiger partial charge in [0.15, 0.2) is 0 Å². The van der Waals surface area contributed by atoms with Gasteiger partial charge in [0.05, 0.1) is 5.69 Å². The topological polar surface area (TPSA) is 75.9 Å². The van der Waals surface area contributed by atoms with Crippen LogP contribution in [0.2, 0.25) is 0 Å². The number of aromatic nitrogens is 2. The van der Waals surface area contributed by atoms with Crippen LogP contribution in [0.4, 0.5) is 11.8 Å². The fourth-order valence-corrected chi connectivity index (χ4v) is 3.67. The largest absolute Gasteiger partial charge is 0.368 e. The highest BCUT2D eigenvalue weighted by atomic mass is 15.1. The van der Waals surface area contributed by atoms with E-state index in [1.165, 1.54) is 29.5 Å². The number of piperidine rings is 1. The molecule has 1 saturated heterocycles. The number of hydrogen-bond donors (Lipinski definition) is 3. The first-order valence-corrected chi connectivity index (χ1v) is 8.53. The Morgan fingerprint density at radius 2 is 2.04 bits per heavy atom. The van der Waals surface area contributed by atoms with Crippen LogP contribution in [0.15, 0.2) is 24.3 Å². The fourth-order valence-electron chi connectivity index (χ4n) is 3.67. The average molecular weight is 309 g/mol. The predicted molar refractivity (Wildman–Crippen MR) is 93.4 cm³/mol. The minimum Gasteiger partial charge on any atom is -0.368 e. The molecular formula is C18H23N5. The van der Waals surface area contributed by atoms with Crippen molar-refractivity contribution in [3.05, 3.63) is 35.4 Å². The molecule has 1 atom stereocenters. The molecule has 0 saturated carbocycles. The molecule has 1 unspecified atom stereocenters. The monoisotopic (exact) mass is 309 g/mol. The Bertz CT molecular complexity index is 707. The van der Waals surface area contributed by atoms with Crippen molar-refractivity contribution in [2.45, 2.75) is 38.1 Å². The molecule has 5 nitrogen and oxygen atoms in total. The number of nitrogens with one attached hydrogen (secondary N) is 2. The molecule has 5 heteroatoms. The van der Waals surface area contributed by atoms with E-state index in [9.17, 15) is 0 Å². The molecular weight excluding hydrogens is 286 g/mol. The summed E-state index contributed by atoms with van der Waals surface area (Å²) in [5, 5.41) is 7.06. The van der Waals surface area contributed by atoms with Gasteiger partial charge in [0.1, 0.15) is 5.82 Å². The Hall–Kier alpha value is -2.14. The van der Waals surface area contributed by atoms with Crippen molar-refractivity contribution >= 4 is 11.8 Å². The minimum absolute atomic E-state index is 0.353. The molecule has 120 valence electrons. The van der Waals surface area contributed by atoms with Gasteiger partial charge in [-0.1, -0.05) is 24.3 Å². The number of nitrogen functional groups attached to an aromatic ring is 1. The first kappa shape index (κ1) is 14.5. The summed E-state index contributed by atoms with van der Waals surface area (Å²) in [4.78, 5) is 9.10. The second-order valence-corrected chi connectivity index (χ2v) is 6.46. The molecule has 1 aliphatic heterocycles. The third-order valence-corrected chi connectivity index (χ3v) is 4.81. The summed E-state index contributed by atoms with van der Waals surface area (Å²) in [6.45, 7) is 2.09. The summed E-state index contributed by atoms with van der Waals surface area (Å²) in [5.74, 6) is 1.28. The highest BCUT2D eigenvalue weighted by molar-refractivity contribution is 5.73. The number of nitrogens with two attached hydrogens (primary N) is 1. The number of anilines is 2. The quantitative estimate of drug-likeness (QED) is 0.794. The van der Waals surface area contributed by atoms with Crippen molar-refractivity contribution in [1.82, 2.24) is 15.3 Å². The van der Waals surface area contributed by atoms with Crippen molar-refractivity contribution in [2.24, 2.45) is 0 Å². The van der Waals surface area contributed by atoms with E-state index in [0.29, 0.717) is 12.0 Å². The zero-order valence-corrected chi connectivity index (χ0v) is 13.3. The molecule has 0 spiro atoms. The van der Waals surface area contributed by atoms with E-state index in [0.717, 1.165) is 43.9 Å². The molecule has 1 aromatic carbocycles. The SMILES string of the molecule is Nc1nc(NC2CCCNC2)c2c(n1)-c1ccccc1CCC2. The lowest BCUT2D eigenvalue weighted by Crippen LogP contribution is -2.39. The molecule has 2 aromatic rings. The van der Waals surface area contributed by atoms with E-state index in [-0.39, 0.29) is 0 Å². The molecule has 2 heterocycles. The van der Waals surface area contributed by atoms with Gasteiger partial charge in [-0.15, -0.1) is 0 Å². The van der Waals surface area contributed by atoms with Gasteiger partial charge in [0, 0.05) is 23.7 Å². The standard InChI is InChI=1S/C18H23N5/c19-18-22-16-14-8-2-1-5-12(14)6-3-9-15(16)17(23-18)21-13-7-4-10-20-11-13/h1-2,5,8,13,20H,3-4,6-7,9-11H2,(H3,19,21,22,23). The van der Waals surface area contributed by atoms with Crippen LogP contribution >= 0.6 is 0 Å². The van der Waals surface area contributed by atoms with Crippen LogP contribution < -0.4 is 16.4 Å². The molecule has 1 fully saturated rings. The molecule has 0 bridgehead atoms. The first-order valence-electron chi connectivity index (χ1n) is 8.53. The third kappa shape index (κ3) is 2.88. The maximum absolute atomic E-state index is 6.02. The number of fused-ring (bicyclic) bond motifs is 3. The van der Waals surface area contributed by atoms with E-state index in [4.69, 9.17) is 5.73 Å². The van der Waals surface area contributed by atoms with Crippen LogP contribution in [0, 0.1) is 0 Å². The Labute approximate surface area is 136 Å². The van der Waals surface area contributed by atoms with Crippen LogP contribution in [0.3, 0.4) is 0 Å². The highest BCUT2D eigenvalue weighted by Gasteiger charge is 2.22. The van der Waals surface area contributed by atoms with E-state index in [1.54, 1.807) is 0 Å². The normalized spacial score (nSPS) is 20.3. The van der Waals surface area contributed by atoms with Gasteiger partial charge >= 0.3 is 0 Å². The molecule has 4 N–H and O–H groups in total. The Morgan fingerprint density at radius 1 is 1.13 bits per heavy atom. The number of aryl methyl sites for hydroxylation is 1. The second kappa shape index (κ2) is 6.16. The summed E-state index contributed by atoms with van der Waals surface area (Å²) in [6.07, 6.45) is 5.56. The van der Waals surface area contributed by atoms with Gasteiger partial charge in [0.2, 0.25) is 5.95 Å². The summed E-state index contributed by atoms with van der Waals surface area (Å²) in [5.41, 5.74) is 10.8. The Morgan fingerprint density at radius 3 is 2.91 bits per heavy atom. The lowest BCUT2D eigenvalue weighted by Gasteiger charge is -2.26. The van der Waals surface area contributed by atoms with Gasteiger partial charge in [-0.05, 0) is 44.2 Å². The number of hydrogen-bond acceptors (Lipinski definition) is 5. The molecule has 2 aliphatic rings. The summed E-state index contributed by atoms with van der Waals surface area (Å²) < 4.78 is 0. The molecule has 1 aromatic heterocycles. The van der Waals surface area contributed by atoms with E-state index >= 15 is 0 Å².